The van der Waals surface area contributed by atoms with E-state index >= 15 is 0 Å². The van der Waals surface area contributed by atoms with Crippen molar-refractivity contribution in [2.75, 3.05) is 6.79 Å². The molecular weight excluding hydrogens is 232 g/mol. The van der Waals surface area contributed by atoms with Gasteiger partial charge < -0.3 is 19.8 Å². The number of fused-ring (bicyclic) bond motifs is 1. The number of benzene rings is 1. The van der Waals surface area contributed by atoms with Crippen LogP contribution in [0.5, 0.6) is 11.5 Å². The number of carbonyl (C=O) groups excluding carboxylic acids is 1. The highest BCUT2D eigenvalue weighted by atomic mass is 16.7. The molecular formula is C13H12N2O3. The summed E-state index contributed by atoms with van der Waals surface area (Å²) in [6.07, 6.45) is 1.72. The summed E-state index contributed by atoms with van der Waals surface area (Å²) in [6, 6.07) is 7.39. The quantitative estimate of drug-likeness (QED) is 0.872. The van der Waals surface area contributed by atoms with Crippen molar-refractivity contribution in [3.05, 3.63) is 41.7 Å². The monoisotopic (exact) mass is 244 g/mol. The summed E-state index contributed by atoms with van der Waals surface area (Å²) in [5.74, 6) is 1.01. The smallest absolute Gasteiger partial charge is 0.250 e. The fourth-order valence-electron chi connectivity index (χ4n) is 2.02. The van der Waals surface area contributed by atoms with Gasteiger partial charge in [-0.3, -0.25) is 4.79 Å². The molecule has 0 spiro atoms. The average molecular weight is 244 g/mol. The Morgan fingerprint density at radius 1 is 1.28 bits per heavy atom. The Balaban J connectivity index is 2.07. The summed E-state index contributed by atoms with van der Waals surface area (Å²) < 4.78 is 12.5. The minimum Gasteiger partial charge on any atom is -0.454 e. The molecule has 92 valence electrons. The molecule has 0 unspecified atom stereocenters. The van der Waals surface area contributed by atoms with Crippen molar-refractivity contribution in [2.24, 2.45) is 5.73 Å². The lowest BCUT2D eigenvalue weighted by atomic mass is 10.2. The minimum atomic E-state index is -0.433. The van der Waals surface area contributed by atoms with Crippen LogP contribution in [0.1, 0.15) is 16.1 Å². The van der Waals surface area contributed by atoms with Gasteiger partial charge in [0, 0.05) is 23.6 Å². The van der Waals surface area contributed by atoms with Crippen LogP contribution in [0.25, 0.3) is 5.69 Å². The maximum absolute atomic E-state index is 11.1. The third-order valence-electron chi connectivity index (χ3n) is 2.93. The Labute approximate surface area is 104 Å². The Morgan fingerprint density at radius 2 is 2.06 bits per heavy atom. The van der Waals surface area contributed by atoms with Gasteiger partial charge in [-0.2, -0.15) is 0 Å². The Bertz CT molecular complexity index is 631. The van der Waals surface area contributed by atoms with E-state index in [0.717, 1.165) is 17.1 Å². The lowest BCUT2D eigenvalue weighted by Crippen LogP contribution is -2.09. The highest BCUT2D eigenvalue weighted by Gasteiger charge is 2.15. The van der Waals surface area contributed by atoms with Crippen LogP contribution in [0.2, 0.25) is 0 Å². The van der Waals surface area contributed by atoms with Crippen molar-refractivity contribution in [1.29, 1.82) is 0 Å². The van der Waals surface area contributed by atoms with Crippen molar-refractivity contribution < 1.29 is 14.3 Å². The number of nitrogens with two attached hydrogens (primary N) is 1. The van der Waals surface area contributed by atoms with Gasteiger partial charge in [-0.05, 0) is 25.1 Å². The third-order valence-corrected chi connectivity index (χ3v) is 2.93. The van der Waals surface area contributed by atoms with Crippen LogP contribution in [0.4, 0.5) is 0 Å². The summed E-state index contributed by atoms with van der Waals surface area (Å²) in [5, 5.41) is 0. The first-order valence-corrected chi connectivity index (χ1v) is 5.54. The van der Waals surface area contributed by atoms with Gasteiger partial charge in [0.15, 0.2) is 11.5 Å². The normalized spacial score (nSPS) is 12.7. The highest BCUT2D eigenvalue weighted by Crippen LogP contribution is 2.34. The van der Waals surface area contributed by atoms with Gasteiger partial charge in [0.25, 0.3) is 0 Å². The zero-order chi connectivity index (χ0) is 12.7. The summed E-state index contributed by atoms with van der Waals surface area (Å²) >= 11 is 0. The molecule has 18 heavy (non-hydrogen) atoms. The second-order valence-electron chi connectivity index (χ2n) is 4.14. The van der Waals surface area contributed by atoms with Crippen molar-refractivity contribution in [1.82, 2.24) is 4.57 Å². The van der Waals surface area contributed by atoms with Gasteiger partial charge >= 0.3 is 0 Å². The van der Waals surface area contributed by atoms with Crippen LogP contribution < -0.4 is 15.2 Å². The topological polar surface area (TPSA) is 66.5 Å². The maximum atomic E-state index is 11.1. The number of carbonyl (C=O) groups is 1. The number of aryl methyl sites for hydroxylation is 1. The zero-order valence-electron chi connectivity index (χ0n) is 9.84. The number of primary amides is 1. The first-order chi connectivity index (χ1) is 8.65. The molecule has 0 radical (unpaired) electrons. The molecule has 0 bridgehead atoms. The van der Waals surface area contributed by atoms with E-state index in [1.54, 1.807) is 12.3 Å². The zero-order valence-corrected chi connectivity index (χ0v) is 9.84. The Kier molecular flexibility index (Phi) is 2.26. The maximum Gasteiger partial charge on any atom is 0.250 e. The second-order valence-corrected chi connectivity index (χ2v) is 4.14. The van der Waals surface area contributed by atoms with Crippen LogP contribution >= 0.6 is 0 Å². The highest BCUT2D eigenvalue weighted by molar-refractivity contribution is 5.93. The van der Waals surface area contributed by atoms with E-state index in [1.807, 2.05) is 29.7 Å². The van der Waals surface area contributed by atoms with Crippen LogP contribution in [-0.4, -0.2) is 17.3 Å². The molecule has 1 aromatic carbocycles. The molecule has 5 heteroatoms. The van der Waals surface area contributed by atoms with Crippen LogP contribution in [-0.2, 0) is 0 Å². The van der Waals surface area contributed by atoms with E-state index in [-0.39, 0.29) is 6.79 Å². The molecule has 0 fully saturated rings. The van der Waals surface area contributed by atoms with Gasteiger partial charge in [-0.15, -0.1) is 0 Å². The molecule has 1 aromatic heterocycles. The first-order valence-electron chi connectivity index (χ1n) is 5.54. The SMILES string of the molecule is Cc1cc(C(N)=O)cn1-c1ccc2c(c1)OCO2. The van der Waals surface area contributed by atoms with Crippen LogP contribution in [0.3, 0.4) is 0 Å². The van der Waals surface area contributed by atoms with Crippen LogP contribution in [0.15, 0.2) is 30.5 Å². The molecule has 0 saturated carbocycles. The molecule has 1 amide bonds. The Morgan fingerprint density at radius 3 is 2.78 bits per heavy atom. The molecule has 1 aliphatic heterocycles. The van der Waals surface area contributed by atoms with E-state index in [0.29, 0.717) is 11.3 Å². The summed E-state index contributed by atoms with van der Waals surface area (Å²) in [7, 11) is 0. The number of nitrogens with zero attached hydrogens (tertiary/aromatic N) is 1. The lowest BCUT2D eigenvalue weighted by Gasteiger charge is -2.06. The van der Waals surface area contributed by atoms with Gasteiger partial charge in [0.1, 0.15) is 0 Å². The summed E-state index contributed by atoms with van der Waals surface area (Å²) in [4.78, 5) is 11.1. The molecule has 5 nitrogen and oxygen atoms in total. The molecule has 3 rings (SSSR count). The summed E-state index contributed by atoms with van der Waals surface area (Å²) in [6.45, 7) is 2.16. The first kappa shape index (κ1) is 10.7. The van der Waals surface area contributed by atoms with Crippen molar-refractivity contribution in [3.63, 3.8) is 0 Å². The number of hydrogen-bond acceptors (Lipinski definition) is 3. The molecule has 0 aliphatic carbocycles. The predicted octanol–water partition coefficient (Wildman–Crippen LogP) is 1.61. The van der Waals surface area contributed by atoms with Crippen molar-refractivity contribution in [3.8, 4) is 17.2 Å². The van der Waals surface area contributed by atoms with E-state index in [2.05, 4.69) is 0 Å². The molecule has 2 N–H and O–H groups in total. The van der Waals surface area contributed by atoms with Gasteiger partial charge in [-0.25, -0.2) is 0 Å². The molecule has 2 heterocycles. The number of hydrogen-bond donors (Lipinski definition) is 1. The molecule has 0 atom stereocenters. The fourth-order valence-corrected chi connectivity index (χ4v) is 2.02. The van der Waals surface area contributed by atoms with Crippen molar-refractivity contribution in [2.45, 2.75) is 6.92 Å². The molecule has 2 aromatic rings. The number of amides is 1. The number of aromatic nitrogens is 1. The third kappa shape index (κ3) is 1.60. The Hall–Kier alpha value is -2.43. The van der Waals surface area contributed by atoms with Crippen LogP contribution in [0, 0.1) is 6.92 Å². The van der Waals surface area contributed by atoms with E-state index in [4.69, 9.17) is 15.2 Å². The minimum absolute atomic E-state index is 0.246. The van der Waals surface area contributed by atoms with Gasteiger partial charge in [0.05, 0.1) is 5.56 Å². The summed E-state index contributed by atoms with van der Waals surface area (Å²) in [5.41, 5.74) is 7.60. The predicted molar refractivity (Wildman–Crippen MR) is 65.1 cm³/mol. The lowest BCUT2D eigenvalue weighted by molar-refractivity contribution is 0.100. The van der Waals surface area contributed by atoms with E-state index in [9.17, 15) is 4.79 Å². The average Bonchev–Trinajstić information content (AvgIpc) is 2.93. The molecule has 0 saturated heterocycles. The van der Waals surface area contributed by atoms with Gasteiger partial charge in [0.2, 0.25) is 12.7 Å². The van der Waals surface area contributed by atoms with Crippen molar-refractivity contribution >= 4 is 5.91 Å². The number of rotatable bonds is 2. The van der Waals surface area contributed by atoms with Gasteiger partial charge in [-0.1, -0.05) is 0 Å². The molecule has 1 aliphatic rings. The second kappa shape index (κ2) is 3.80. The number of ether oxygens (including phenoxy) is 2. The largest absolute Gasteiger partial charge is 0.454 e. The van der Waals surface area contributed by atoms with E-state index < -0.39 is 5.91 Å². The fraction of sp³-hybridized carbons (Fsp3) is 0.154. The van der Waals surface area contributed by atoms with E-state index in [1.165, 1.54) is 0 Å². The standard InChI is InChI=1S/C13H12N2O3/c1-8-4-9(13(14)16)6-15(8)10-2-3-11-12(5-10)18-7-17-11/h2-6H,7H2,1H3,(H2,14,16).